The molecule has 0 aliphatic heterocycles. The molecule has 0 heterocycles. The van der Waals surface area contributed by atoms with Gasteiger partial charge in [-0.2, -0.15) is 11.8 Å². The van der Waals surface area contributed by atoms with Crippen molar-refractivity contribution in [1.82, 2.24) is 16.0 Å². The smallest absolute Gasteiger partial charge is 0.326 e. The van der Waals surface area contributed by atoms with Crippen LogP contribution in [-0.2, 0) is 19.2 Å². The Morgan fingerprint density at radius 1 is 0.871 bits per heavy atom. The van der Waals surface area contributed by atoms with Gasteiger partial charge in [-0.15, -0.1) is 0 Å². The Morgan fingerprint density at radius 3 is 1.81 bits per heavy atom. The van der Waals surface area contributed by atoms with Crippen LogP contribution >= 0.6 is 11.8 Å². The van der Waals surface area contributed by atoms with Gasteiger partial charge in [0.25, 0.3) is 0 Å². The van der Waals surface area contributed by atoms with Crippen LogP contribution in [0.25, 0.3) is 0 Å². The molecule has 0 aliphatic carbocycles. The second-order valence-corrected chi connectivity index (χ2v) is 9.54. The van der Waals surface area contributed by atoms with Gasteiger partial charge in [-0.3, -0.25) is 14.4 Å². The van der Waals surface area contributed by atoms with Crippen LogP contribution in [0.3, 0.4) is 0 Å². The molecule has 3 amide bonds. The standard InChI is InChI=1S/C21H40N4O5S/c1-8-13(6)17(25-18(26)15(22)11(2)3)20(28)24-16(12(4)5)19(27)23-14(21(29)30)9-10-31-7/h11-17H,8-10,22H2,1-7H3,(H,23,27)(H,24,28)(H,25,26)(H,29,30). The average Bonchev–Trinajstić information content (AvgIpc) is 2.70. The zero-order valence-corrected chi connectivity index (χ0v) is 20.5. The highest BCUT2D eigenvalue weighted by atomic mass is 32.2. The molecule has 6 N–H and O–H groups in total. The third-order valence-corrected chi connectivity index (χ3v) is 5.93. The number of carbonyl (C=O) groups is 4. The molecule has 0 bridgehead atoms. The Kier molecular flexibility index (Phi) is 13.5. The van der Waals surface area contributed by atoms with Gasteiger partial charge in [-0.25, -0.2) is 4.79 Å². The molecule has 0 aromatic rings. The maximum absolute atomic E-state index is 13.0. The number of carbonyl (C=O) groups excluding carboxylic acids is 3. The third-order valence-electron chi connectivity index (χ3n) is 5.29. The summed E-state index contributed by atoms with van der Waals surface area (Å²) in [7, 11) is 0. The molecule has 0 saturated carbocycles. The highest BCUT2D eigenvalue weighted by Crippen LogP contribution is 2.12. The minimum Gasteiger partial charge on any atom is -0.480 e. The molecule has 180 valence electrons. The van der Waals surface area contributed by atoms with Crippen molar-refractivity contribution < 1.29 is 24.3 Å². The van der Waals surface area contributed by atoms with E-state index in [2.05, 4.69) is 16.0 Å². The van der Waals surface area contributed by atoms with E-state index in [4.69, 9.17) is 5.73 Å². The molecule has 0 fully saturated rings. The van der Waals surface area contributed by atoms with Gasteiger partial charge in [0, 0.05) is 0 Å². The number of hydrogen-bond acceptors (Lipinski definition) is 6. The van der Waals surface area contributed by atoms with Gasteiger partial charge in [0.2, 0.25) is 17.7 Å². The van der Waals surface area contributed by atoms with Crippen LogP contribution in [0.5, 0.6) is 0 Å². The fourth-order valence-corrected chi connectivity index (χ4v) is 3.26. The molecule has 5 atom stereocenters. The summed E-state index contributed by atoms with van der Waals surface area (Å²) in [6.07, 6.45) is 2.76. The number of thioether (sulfide) groups is 1. The first-order valence-electron chi connectivity index (χ1n) is 10.8. The van der Waals surface area contributed by atoms with E-state index in [1.807, 2.05) is 34.0 Å². The zero-order valence-electron chi connectivity index (χ0n) is 19.7. The highest BCUT2D eigenvalue weighted by Gasteiger charge is 2.33. The predicted molar refractivity (Wildman–Crippen MR) is 124 cm³/mol. The molecule has 0 rings (SSSR count). The summed E-state index contributed by atoms with van der Waals surface area (Å²) >= 11 is 1.48. The number of nitrogens with two attached hydrogens (primary N) is 1. The summed E-state index contributed by atoms with van der Waals surface area (Å²) in [5.41, 5.74) is 5.91. The number of rotatable bonds is 14. The molecular formula is C21H40N4O5S. The van der Waals surface area contributed by atoms with E-state index in [-0.39, 0.29) is 24.2 Å². The molecule has 9 nitrogen and oxygen atoms in total. The Morgan fingerprint density at radius 2 is 1.39 bits per heavy atom. The Balaban J connectivity index is 5.44. The van der Waals surface area contributed by atoms with Crippen molar-refractivity contribution in [1.29, 1.82) is 0 Å². The lowest BCUT2D eigenvalue weighted by molar-refractivity contribution is -0.142. The van der Waals surface area contributed by atoms with Crippen LogP contribution in [-0.4, -0.2) is 65.0 Å². The number of aliphatic carboxylic acids is 1. The van der Waals surface area contributed by atoms with Crippen LogP contribution in [0.15, 0.2) is 0 Å². The predicted octanol–water partition coefficient (Wildman–Crippen LogP) is 0.964. The van der Waals surface area contributed by atoms with E-state index >= 15 is 0 Å². The largest absolute Gasteiger partial charge is 0.480 e. The number of hydrogen-bond donors (Lipinski definition) is 5. The summed E-state index contributed by atoms with van der Waals surface area (Å²) in [6.45, 7) is 10.9. The summed E-state index contributed by atoms with van der Waals surface area (Å²) in [4.78, 5) is 49.7. The normalized spacial score (nSPS) is 16.2. The van der Waals surface area contributed by atoms with E-state index in [9.17, 15) is 24.3 Å². The lowest BCUT2D eigenvalue weighted by Gasteiger charge is -2.29. The summed E-state index contributed by atoms with van der Waals surface area (Å²) < 4.78 is 0. The first-order chi connectivity index (χ1) is 14.4. The number of carboxylic acids is 1. The van der Waals surface area contributed by atoms with Crippen molar-refractivity contribution in [2.75, 3.05) is 12.0 Å². The quantitative estimate of drug-likeness (QED) is 0.259. The van der Waals surface area contributed by atoms with Crippen molar-refractivity contribution in [2.24, 2.45) is 23.5 Å². The van der Waals surface area contributed by atoms with Gasteiger partial charge in [-0.05, 0) is 36.2 Å². The molecule has 10 heteroatoms. The number of nitrogens with one attached hydrogen (secondary N) is 3. The summed E-state index contributed by atoms with van der Waals surface area (Å²) in [5, 5.41) is 17.3. The maximum atomic E-state index is 13.0. The van der Waals surface area contributed by atoms with Crippen LogP contribution in [0.2, 0.25) is 0 Å². The monoisotopic (exact) mass is 460 g/mol. The van der Waals surface area contributed by atoms with Gasteiger partial charge in [0.15, 0.2) is 0 Å². The van der Waals surface area contributed by atoms with Crippen LogP contribution < -0.4 is 21.7 Å². The summed E-state index contributed by atoms with van der Waals surface area (Å²) in [6, 6.07) is -3.59. The van der Waals surface area contributed by atoms with E-state index in [0.717, 1.165) is 0 Å². The molecule has 31 heavy (non-hydrogen) atoms. The second kappa shape index (κ2) is 14.3. The second-order valence-electron chi connectivity index (χ2n) is 8.55. The first-order valence-corrected chi connectivity index (χ1v) is 12.1. The average molecular weight is 461 g/mol. The highest BCUT2D eigenvalue weighted by molar-refractivity contribution is 7.98. The van der Waals surface area contributed by atoms with E-state index in [1.165, 1.54) is 11.8 Å². The number of carboxylic acid groups (broad SMARTS) is 1. The molecule has 0 radical (unpaired) electrons. The fraction of sp³-hybridized carbons (Fsp3) is 0.810. The lowest BCUT2D eigenvalue weighted by atomic mass is 9.95. The van der Waals surface area contributed by atoms with Crippen molar-refractivity contribution in [3.63, 3.8) is 0 Å². The maximum Gasteiger partial charge on any atom is 0.326 e. The van der Waals surface area contributed by atoms with Gasteiger partial charge in [0.1, 0.15) is 18.1 Å². The lowest BCUT2D eigenvalue weighted by Crippen LogP contribution is -2.60. The van der Waals surface area contributed by atoms with Crippen molar-refractivity contribution >= 4 is 35.5 Å². The van der Waals surface area contributed by atoms with Crippen molar-refractivity contribution in [2.45, 2.75) is 78.6 Å². The van der Waals surface area contributed by atoms with Crippen LogP contribution in [0.4, 0.5) is 0 Å². The van der Waals surface area contributed by atoms with Gasteiger partial charge >= 0.3 is 5.97 Å². The molecule has 0 aliphatic rings. The zero-order chi connectivity index (χ0) is 24.3. The van der Waals surface area contributed by atoms with E-state index in [0.29, 0.717) is 12.2 Å². The topological polar surface area (TPSA) is 151 Å². The Labute approximate surface area is 190 Å². The SMILES string of the molecule is CCC(C)C(NC(=O)C(N)C(C)C)C(=O)NC(C(=O)NC(CCSC)C(=O)O)C(C)C. The first kappa shape index (κ1) is 29.2. The molecule has 0 spiro atoms. The molecule has 0 aromatic carbocycles. The van der Waals surface area contributed by atoms with Gasteiger partial charge < -0.3 is 26.8 Å². The molecule has 5 unspecified atom stereocenters. The minimum absolute atomic E-state index is 0.0935. The fourth-order valence-electron chi connectivity index (χ4n) is 2.79. The molecule has 0 aromatic heterocycles. The summed E-state index contributed by atoms with van der Waals surface area (Å²) in [5.74, 6) is -2.60. The Bertz CT molecular complexity index is 615. The van der Waals surface area contributed by atoms with Crippen molar-refractivity contribution in [3.05, 3.63) is 0 Å². The number of amides is 3. The van der Waals surface area contributed by atoms with Gasteiger partial charge in [-0.1, -0.05) is 48.0 Å². The van der Waals surface area contributed by atoms with Crippen LogP contribution in [0.1, 0.15) is 54.4 Å². The third kappa shape index (κ3) is 9.90. The van der Waals surface area contributed by atoms with Gasteiger partial charge in [0.05, 0.1) is 6.04 Å². The van der Waals surface area contributed by atoms with Crippen molar-refractivity contribution in [3.8, 4) is 0 Å². The van der Waals surface area contributed by atoms with Crippen LogP contribution in [0, 0.1) is 17.8 Å². The Hall–Kier alpha value is -1.81. The molecule has 0 saturated heterocycles. The molecular weight excluding hydrogens is 420 g/mol. The minimum atomic E-state index is -1.12. The van der Waals surface area contributed by atoms with E-state index < -0.39 is 47.9 Å². The van der Waals surface area contributed by atoms with E-state index in [1.54, 1.807) is 13.8 Å².